The molecular weight excluding hydrogens is 247 g/mol. The molecule has 0 aliphatic rings. The highest BCUT2D eigenvalue weighted by atomic mass is 19.1. The Balaban J connectivity index is 2.44. The molecule has 1 N–H and O–H groups in total. The quantitative estimate of drug-likeness (QED) is 0.843. The summed E-state index contributed by atoms with van der Waals surface area (Å²) in [6.45, 7) is 1.76. The van der Waals surface area contributed by atoms with Crippen LogP contribution < -0.4 is 0 Å². The van der Waals surface area contributed by atoms with Crippen LogP contribution in [-0.4, -0.2) is 18.2 Å². The van der Waals surface area contributed by atoms with Crippen molar-refractivity contribution in [1.29, 1.82) is 0 Å². The van der Waals surface area contributed by atoms with Crippen LogP contribution in [-0.2, 0) is 4.74 Å². The number of hydrogen-bond acceptors (Lipinski definition) is 3. The Morgan fingerprint density at radius 3 is 2.37 bits per heavy atom. The lowest BCUT2D eigenvalue weighted by Crippen LogP contribution is -2.04. The van der Waals surface area contributed by atoms with Crippen molar-refractivity contribution in [1.82, 2.24) is 0 Å². The Kier molecular flexibility index (Phi) is 3.51. The number of carbonyl (C=O) groups excluding carboxylic acids is 1. The second kappa shape index (κ2) is 5.10. The molecule has 4 heteroatoms. The molecule has 0 aliphatic carbocycles. The third-order valence-electron chi connectivity index (χ3n) is 2.90. The number of aromatic hydroxyl groups is 1. The maximum Gasteiger partial charge on any atom is 0.340 e. The van der Waals surface area contributed by atoms with Crippen molar-refractivity contribution in [3.05, 3.63) is 53.3 Å². The van der Waals surface area contributed by atoms with Gasteiger partial charge in [-0.3, -0.25) is 0 Å². The fourth-order valence-corrected chi connectivity index (χ4v) is 1.81. The minimum atomic E-state index is -0.703. The van der Waals surface area contributed by atoms with Gasteiger partial charge in [0.2, 0.25) is 0 Å². The van der Waals surface area contributed by atoms with Crippen LogP contribution in [0.2, 0.25) is 0 Å². The van der Waals surface area contributed by atoms with E-state index in [-0.39, 0.29) is 11.3 Å². The average molecular weight is 260 g/mol. The van der Waals surface area contributed by atoms with Crippen molar-refractivity contribution in [3.63, 3.8) is 0 Å². The van der Waals surface area contributed by atoms with E-state index in [1.54, 1.807) is 31.2 Å². The Morgan fingerprint density at radius 2 is 1.79 bits per heavy atom. The minimum Gasteiger partial charge on any atom is -0.508 e. The minimum absolute atomic E-state index is 0.0956. The molecule has 0 saturated heterocycles. The van der Waals surface area contributed by atoms with Gasteiger partial charge < -0.3 is 9.84 Å². The van der Waals surface area contributed by atoms with E-state index in [2.05, 4.69) is 4.74 Å². The Labute approximate surface area is 110 Å². The zero-order valence-electron chi connectivity index (χ0n) is 10.6. The number of ether oxygens (including phenoxy) is 1. The number of methoxy groups -OCH3 is 1. The molecule has 0 unspecified atom stereocenters. The van der Waals surface area contributed by atoms with E-state index >= 15 is 0 Å². The predicted octanol–water partition coefficient (Wildman–Crippen LogP) is 3.29. The van der Waals surface area contributed by atoms with Crippen molar-refractivity contribution in [2.45, 2.75) is 6.92 Å². The molecule has 3 nitrogen and oxygen atoms in total. The number of phenolic OH excluding ortho intramolecular Hbond substituents is 1. The number of aryl methyl sites for hydroxylation is 1. The summed E-state index contributed by atoms with van der Waals surface area (Å²) in [6.07, 6.45) is 0. The van der Waals surface area contributed by atoms with E-state index < -0.39 is 11.8 Å². The van der Waals surface area contributed by atoms with Gasteiger partial charge in [0.25, 0.3) is 0 Å². The molecule has 0 fully saturated rings. The van der Waals surface area contributed by atoms with Gasteiger partial charge in [-0.15, -0.1) is 0 Å². The van der Waals surface area contributed by atoms with Crippen LogP contribution in [0.25, 0.3) is 11.1 Å². The Hall–Kier alpha value is -2.36. The molecule has 2 aromatic rings. The first-order chi connectivity index (χ1) is 9.02. The fourth-order valence-electron chi connectivity index (χ4n) is 1.81. The summed E-state index contributed by atoms with van der Waals surface area (Å²) in [5.41, 5.74) is 2.01. The molecule has 0 bridgehead atoms. The summed E-state index contributed by atoms with van der Waals surface area (Å²) in [5, 5.41) is 9.46. The zero-order chi connectivity index (χ0) is 14.0. The lowest BCUT2D eigenvalue weighted by atomic mass is 10.0. The summed E-state index contributed by atoms with van der Waals surface area (Å²) in [4.78, 5) is 11.3. The summed E-state index contributed by atoms with van der Waals surface area (Å²) in [6, 6.07) is 9.30. The number of halogens is 1. The van der Waals surface area contributed by atoms with Crippen LogP contribution in [0.15, 0.2) is 36.4 Å². The first-order valence-corrected chi connectivity index (χ1v) is 5.71. The smallest absolute Gasteiger partial charge is 0.340 e. The van der Waals surface area contributed by atoms with E-state index in [0.29, 0.717) is 11.1 Å². The molecule has 2 rings (SSSR count). The maximum absolute atomic E-state index is 13.8. The van der Waals surface area contributed by atoms with Gasteiger partial charge >= 0.3 is 5.97 Å². The molecule has 0 heterocycles. The highest BCUT2D eigenvalue weighted by molar-refractivity contribution is 5.90. The number of phenols is 1. The SMILES string of the molecule is COC(=O)c1ccc(-c2ccc(O)c(C)c2)cc1F. The fraction of sp³-hybridized carbons (Fsp3) is 0.133. The molecule has 0 radical (unpaired) electrons. The molecule has 0 aliphatic heterocycles. The van der Waals surface area contributed by atoms with Crippen LogP contribution in [0, 0.1) is 12.7 Å². The van der Waals surface area contributed by atoms with Gasteiger partial charge in [-0.05, 0) is 47.9 Å². The van der Waals surface area contributed by atoms with Gasteiger partial charge in [-0.1, -0.05) is 12.1 Å². The third kappa shape index (κ3) is 2.57. The zero-order valence-corrected chi connectivity index (χ0v) is 10.6. The largest absolute Gasteiger partial charge is 0.508 e. The molecule has 19 heavy (non-hydrogen) atoms. The number of benzene rings is 2. The number of rotatable bonds is 2. The highest BCUT2D eigenvalue weighted by Gasteiger charge is 2.13. The van der Waals surface area contributed by atoms with E-state index in [4.69, 9.17) is 0 Å². The molecule has 0 saturated carbocycles. The van der Waals surface area contributed by atoms with Crippen LogP contribution in [0.1, 0.15) is 15.9 Å². The number of hydrogen-bond donors (Lipinski definition) is 1. The lowest BCUT2D eigenvalue weighted by molar-refractivity contribution is 0.0595. The standard InChI is InChI=1S/C15H13FO3/c1-9-7-10(4-6-14(9)17)11-3-5-12(13(16)8-11)15(18)19-2/h3-8,17H,1-2H3. The van der Waals surface area contributed by atoms with E-state index in [9.17, 15) is 14.3 Å². The van der Waals surface area contributed by atoms with Crippen molar-refractivity contribution in [3.8, 4) is 16.9 Å². The van der Waals surface area contributed by atoms with E-state index in [1.165, 1.54) is 19.2 Å². The highest BCUT2D eigenvalue weighted by Crippen LogP contribution is 2.26. The second-order valence-electron chi connectivity index (χ2n) is 4.19. The van der Waals surface area contributed by atoms with Crippen molar-refractivity contribution in [2.24, 2.45) is 0 Å². The van der Waals surface area contributed by atoms with Gasteiger partial charge in [0.05, 0.1) is 12.7 Å². The van der Waals surface area contributed by atoms with Crippen LogP contribution in [0.4, 0.5) is 4.39 Å². The molecule has 0 aromatic heterocycles. The average Bonchev–Trinajstić information content (AvgIpc) is 2.41. The van der Waals surface area contributed by atoms with E-state index in [0.717, 1.165) is 5.56 Å². The molecule has 0 spiro atoms. The topological polar surface area (TPSA) is 46.5 Å². The molecule has 0 amide bonds. The van der Waals surface area contributed by atoms with Gasteiger partial charge in [0.15, 0.2) is 0 Å². The van der Waals surface area contributed by atoms with Gasteiger partial charge in [0.1, 0.15) is 11.6 Å². The second-order valence-corrected chi connectivity index (χ2v) is 4.19. The Bertz CT molecular complexity index is 635. The number of esters is 1. The molecule has 2 aromatic carbocycles. The van der Waals surface area contributed by atoms with Crippen LogP contribution in [0.3, 0.4) is 0 Å². The first-order valence-electron chi connectivity index (χ1n) is 5.71. The summed E-state index contributed by atoms with van der Waals surface area (Å²) >= 11 is 0. The third-order valence-corrected chi connectivity index (χ3v) is 2.90. The van der Waals surface area contributed by atoms with Gasteiger partial charge in [0, 0.05) is 0 Å². The number of carbonyl (C=O) groups is 1. The summed E-state index contributed by atoms with van der Waals surface area (Å²) in [5.74, 6) is -1.14. The monoisotopic (exact) mass is 260 g/mol. The van der Waals surface area contributed by atoms with Crippen molar-refractivity contribution < 1.29 is 19.0 Å². The summed E-state index contributed by atoms with van der Waals surface area (Å²) < 4.78 is 18.3. The lowest BCUT2D eigenvalue weighted by Gasteiger charge is -2.07. The van der Waals surface area contributed by atoms with Crippen molar-refractivity contribution in [2.75, 3.05) is 7.11 Å². The van der Waals surface area contributed by atoms with Crippen LogP contribution in [0.5, 0.6) is 5.75 Å². The maximum atomic E-state index is 13.8. The van der Waals surface area contributed by atoms with E-state index in [1.807, 2.05) is 0 Å². The van der Waals surface area contributed by atoms with Crippen LogP contribution >= 0.6 is 0 Å². The molecule has 98 valence electrons. The normalized spacial score (nSPS) is 10.3. The van der Waals surface area contributed by atoms with Gasteiger partial charge in [-0.2, -0.15) is 0 Å². The van der Waals surface area contributed by atoms with Gasteiger partial charge in [-0.25, -0.2) is 9.18 Å². The predicted molar refractivity (Wildman–Crippen MR) is 69.6 cm³/mol. The molecular formula is C15H13FO3. The molecule has 0 atom stereocenters. The first kappa shape index (κ1) is 13.1. The summed E-state index contributed by atoms with van der Waals surface area (Å²) in [7, 11) is 1.21. The van der Waals surface area contributed by atoms with Crippen molar-refractivity contribution >= 4 is 5.97 Å². The Morgan fingerprint density at radius 1 is 1.16 bits per heavy atom.